The lowest BCUT2D eigenvalue weighted by Gasteiger charge is -2.11. The molecule has 4 nitrogen and oxygen atoms in total. The molecule has 0 fully saturated rings. The molecular formula is C14H13FO4S. The van der Waals surface area contributed by atoms with Crippen LogP contribution in [-0.2, 0) is 10.1 Å². The molecule has 0 saturated heterocycles. The predicted octanol–water partition coefficient (Wildman–Crippen LogP) is 2.91. The van der Waals surface area contributed by atoms with Crippen LogP contribution in [0.5, 0.6) is 11.5 Å². The van der Waals surface area contributed by atoms with Crippen LogP contribution in [0.25, 0.3) is 0 Å². The molecular weight excluding hydrogens is 283 g/mol. The number of rotatable bonds is 4. The zero-order valence-corrected chi connectivity index (χ0v) is 11.8. The quantitative estimate of drug-likeness (QED) is 0.814. The monoisotopic (exact) mass is 296 g/mol. The largest absolute Gasteiger partial charge is 0.493 e. The number of methoxy groups -OCH3 is 1. The Bertz CT molecular complexity index is 726. The van der Waals surface area contributed by atoms with Crippen LogP contribution >= 0.6 is 0 Å². The summed E-state index contributed by atoms with van der Waals surface area (Å²) in [6, 6.07) is 9.80. The van der Waals surface area contributed by atoms with Crippen LogP contribution in [0.1, 0.15) is 5.56 Å². The van der Waals surface area contributed by atoms with Gasteiger partial charge in [0, 0.05) is 0 Å². The van der Waals surface area contributed by atoms with Gasteiger partial charge in [-0.15, -0.1) is 0 Å². The Morgan fingerprint density at radius 3 is 2.40 bits per heavy atom. The average molecular weight is 296 g/mol. The van der Waals surface area contributed by atoms with Gasteiger partial charge in [-0.3, -0.25) is 0 Å². The summed E-state index contributed by atoms with van der Waals surface area (Å²) in [6.45, 7) is 1.83. The highest BCUT2D eigenvalue weighted by molar-refractivity contribution is 7.87. The molecule has 0 N–H and O–H groups in total. The van der Waals surface area contributed by atoms with Crippen LogP contribution in [0.2, 0.25) is 0 Å². The van der Waals surface area contributed by atoms with Gasteiger partial charge in [-0.05, 0) is 36.8 Å². The number of hydrogen-bond donors (Lipinski definition) is 0. The van der Waals surface area contributed by atoms with Gasteiger partial charge in [0.1, 0.15) is 10.7 Å². The molecule has 20 heavy (non-hydrogen) atoms. The van der Waals surface area contributed by atoms with E-state index < -0.39 is 20.8 Å². The van der Waals surface area contributed by atoms with Crippen molar-refractivity contribution < 1.29 is 21.7 Å². The zero-order chi connectivity index (χ0) is 14.8. The van der Waals surface area contributed by atoms with Crippen molar-refractivity contribution >= 4 is 10.1 Å². The molecule has 0 amide bonds. The van der Waals surface area contributed by atoms with Crippen molar-refractivity contribution in [1.82, 2.24) is 0 Å². The molecule has 0 radical (unpaired) electrons. The van der Waals surface area contributed by atoms with E-state index in [1.54, 1.807) is 12.1 Å². The molecule has 0 bridgehead atoms. The molecule has 0 aliphatic carbocycles. The Labute approximate surface area is 116 Å². The highest BCUT2D eigenvalue weighted by Gasteiger charge is 2.22. The first-order valence-corrected chi connectivity index (χ1v) is 7.18. The zero-order valence-electron chi connectivity index (χ0n) is 11.0. The fraction of sp³-hybridized carbons (Fsp3) is 0.143. The normalized spacial score (nSPS) is 11.2. The van der Waals surface area contributed by atoms with E-state index in [2.05, 4.69) is 0 Å². The molecule has 2 aromatic carbocycles. The number of hydrogen-bond acceptors (Lipinski definition) is 4. The third-order valence-corrected chi connectivity index (χ3v) is 3.89. The van der Waals surface area contributed by atoms with Gasteiger partial charge in [0.2, 0.25) is 0 Å². The average Bonchev–Trinajstić information content (AvgIpc) is 2.41. The summed E-state index contributed by atoms with van der Waals surface area (Å²) in [5.41, 5.74) is 0.887. The van der Waals surface area contributed by atoms with Gasteiger partial charge < -0.3 is 8.92 Å². The predicted molar refractivity (Wildman–Crippen MR) is 71.9 cm³/mol. The smallest absolute Gasteiger partial charge is 0.342 e. The standard InChI is InChI=1S/C14H13FO4S/c1-10-7-8-12(13(9-10)18-2)19-20(16,17)14-6-4-3-5-11(14)15/h3-9H,1-2H3. The maximum Gasteiger partial charge on any atom is 0.342 e. The maximum atomic E-state index is 13.5. The van der Waals surface area contributed by atoms with Crippen LogP contribution in [0.15, 0.2) is 47.4 Å². The van der Waals surface area contributed by atoms with E-state index in [1.165, 1.54) is 25.3 Å². The van der Waals surface area contributed by atoms with Crippen molar-refractivity contribution in [3.63, 3.8) is 0 Å². The number of ether oxygens (including phenoxy) is 1. The van der Waals surface area contributed by atoms with Crippen LogP contribution in [0.3, 0.4) is 0 Å². The number of halogens is 1. The Morgan fingerprint density at radius 1 is 1.05 bits per heavy atom. The highest BCUT2D eigenvalue weighted by atomic mass is 32.2. The molecule has 0 aliphatic heterocycles. The molecule has 0 unspecified atom stereocenters. The van der Waals surface area contributed by atoms with E-state index in [0.29, 0.717) is 0 Å². The molecule has 106 valence electrons. The lowest BCUT2D eigenvalue weighted by molar-refractivity contribution is 0.389. The summed E-state index contributed by atoms with van der Waals surface area (Å²) in [4.78, 5) is -0.511. The van der Waals surface area contributed by atoms with Crippen molar-refractivity contribution in [2.24, 2.45) is 0 Å². The minimum atomic E-state index is -4.24. The van der Waals surface area contributed by atoms with Gasteiger partial charge in [0.25, 0.3) is 0 Å². The molecule has 0 aromatic heterocycles. The first kappa shape index (κ1) is 14.3. The SMILES string of the molecule is COc1cc(C)ccc1OS(=O)(=O)c1ccccc1F. The minimum Gasteiger partial charge on any atom is -0.493 e. The number of aryl methyl sites for hydroxylation is 1. The first-order valence-electron chi connectivity index (χ1n) is 5.77. The van der Waals surface area contributed by atoms with Crippen molar-refractivity contribution in [2.75, 3.05) is 7.11 Å². The van der Waals surface area contributed by atoms with Gasteiger partial charge >= 0.3 is 10.1 Å². The maximum absolute atomic E-state index is 13.5. The van der Waals surface area contributed by atoms with Crippen molar-refractivity contribution in [3.05, 3.63) is 53.8 Å². The van der Waals surface area contributed by atoms with E-state index in [-0.39, 0.29) is 11.5 Å². The van der Waals surface area contributed by atoms with Gasteiger partial charge in [-0.2, -0.15) is 8.42 Å². The van der Waals surface area contributed by atoms with E-state index in [9.17, 15) is 12.8 Å². The molecule has 2 aromatic rings. The summed E-state index contributed by atoms with van der Waals surface area (Å²) in [7, 11) is -2.84. The van der Waals surface area contributed by atoms with E-state index in [0.717, 1.165) is 17.7 Å². The molecule has 0 atom stereocenters. The summed E-state index contributed by atoms with van der Waals surface area (Å²) >= 11 is 0. The summed E-state index contributed by atoms with van der Waals surface area (Å²) < 4.78 is 47.7. The third-order valence-electron chi connectivity index (χ3n) is 2.62. The Balaban J connectivity index is 2.41. The van der Waals surface area contributed by atoms with Gasteiger partial charge in [0.15, 0.2) is 11.5 Å². The molecule has 2 rings (SSSR count). The fourth-order valence-corrected chi connectivity index (χ4v) is 2.67. The summed E-state index contributed by atoms with van der Waals surface area (Å²) in [6.07, 6.45) is 0. The lowest BCUT2D eigenvalue weighted by atomic mass is 10.2. The second-order valence-corrected chi connectivity index (χ2v) is 5.64. The van der Waals surface area contributed by atoms with Gasteiger partial charge in [0.05, 0.1) is 7.11 Å². The Kier molecular flexibility index (Phi) is 3.94. The van der Waals surface area contributed by atoms with Crippen LogP contribution in [0, 0.1) is 12.7 Å². The lowest BCUT2D eigenvalue weighted by Crippen LogP contribution is -2.12. The molecule has 0 saturated carbocycles. The minimum absolute atomic E-state index is 0.0151. The van der Waals surface area contributed by atoms with Crippen molar-refractivity contribution in [1.29, 1.82) is 0 Å². The van der Waals surface area contributed by atoms with Crippen molar-refractivity contribution in [3.8, 4) is 11.5 Å². The summed E-state index contributed by atoms with van der Waals surface area (Å²) in [5, 5.41) is 0. The Morgan fingerprint density at radius 2 is 1.75 bits per heavy atom. The highest BCUT2D eigenvalue weighted by Crippen LogP contribution is 2.30. The van der Waals surface area contributed by atoms with Crippen LogP contribution < -0.4 is 8.92 Å². The van der Waals surface area contributed by atoms with Crippen LogP contribution in [-0.4, -0.2) is 15.5 Å². The molecule has 0 aliphatic rings. The van der Waals surface area contributed by atoms with Crippen molar-refractivity contribution in [2.45, 2.75) is 11.8 Å². The first-order chi connectivity index (χ1) is 9.44. The number of benzene rings is 2. The molecule has 0 spiro atoms. The Hall–Kier alpha value is -2.08. The van der Waals surface area contributed by atoms with Gasteiger partial charge in [-0.25, -0.2) is 4.39 Å². The van der Waals surface area contributed by atoms with Gasteiger partial charge in [-0.1, -0.05) is 18.2 Å². The summed E-state index contributed by atoms with van der Waals surface area (Å²) in [5.74, 6) is -0.579. The molecule has 0 heterocycles. The topological polar surface area (TPSA) is 52.6 Å². The second kappa shape index (κ2) is 5.50. The van der Waals surface area contributed by atoms with E-state index >= 15 is 0 Å². The van der Waals surface area contributed by atoms with E-state index in [4.69, 9.17) is 8.92 Å². The third kappa shape index (κ3) is 2.91. The molecule has 6 heteroatoms. The second-order valence-electron chi connectivity index (χ2n) is 4.12. The fourth-order valence-electron chi connectivity index (χ4n) is 1.65. The van der Waals surface area contributed by atoms with E-state index in [1.807, 2.05) is 6.92 Å². The van der Waals surface area contributed by atoms with Crippen LogP contribution in [0.4, 0.5) is 4.39 Å².